The molecular weight excluding hydrogens is 180 g/mol. The molecule has 2 rings (SSSR count). The molecule has 14 heavy (non-hydrogen) atoms. The van der Waals surface area contributed by atoms with E-state index in [2.05, 4.69) is 15.3 Å². The number of rotatable bonds is 3. The van der Waals surface area contributed by atoms with Gasteiger partial charge in [-0.1, -0.05) is 11.2 Å². The second-order valence-electron chi connectivity index (χ2n) is 2.76. The van der Waals surface area contributed by atoms with Crippen molar-refractivity contribution in [2.24, 2.45) is 5.18 Å². The molecule has 0 N–H and O–H groups in total. The third-order valence-corrected chi connectivity index (χ3v) is 1.80. The lowest BCUT2D eigenvalue weighted by Crippen LogP contribution is -1.97. The first kappa shape index (κ1) is 8.55. The van der Waals surface area contributed by atoms with Crippen LogP contribution in [0.1, 0.15) is 5.56 Å². The third kappa shape index (κ3) is 1.66. The van der Waals surface area contributed by atoms with Crippen molar-refractivity contribution in [1.82, 2.24) is 14.8 Å². The van der Waals surface area contributed by atoms with Crippen LogP contribution in [0.15, 0.2) is 42.0 Å². The van der Waals surface area contributed by atoms with Crippen molar-refractivity contribution >= 4 is 0 Å². The first-order chi connectivity index (χ1) is 6.90. The number of nitrogens with zero attached hydrogens (tertiary/aromatic N) is 4. The summed E-state index contributed by atoms with van der Waals surface area (Å²) in [5.74, 6) is 0.727. The average Bonchev–Trinajstić information content (AvgIpc) is 2.72. The van der Waals surface area contributed by atoms with Gasteiger partial charge in [0.05, 0.1) is 0 Å². The summed E-state index contributed by atoms with van der Waals surface area (Å²) in [7, 11) is 0. The van der Waals surface area contributed by atoms with E-state index in [9.17, 15) is 4.91 Å². The highest BCUT2D eigenvalue weighted by molar-refractivity contribution is 5.24. The topological polar surface area (TPSA) is 60.1 Å². The number of hydrogen-bond acceptors (Lipinski definition) is 4. The second kappa shape index (κ2) is 3.78. The van der Waals surface area contributed by atoms with Gasteiger partial charge >= 0.3 is 0 Å². The van der Waals surface area contributed by atoms with E-state index in [1.165, 1.54) is 0 Å². The number of hydrogen-bond donors (Lipinski definition) is 0. The Morgan fingerprint density at radius 1 is 1.43 bits per heavy atom. The molecule has 0 atom stereocenters. The molecule has 70 valence electrons. The Morgan fingerprint density at radius 3 is 2.93 bits per heavy atom. The summed E-state index contributed by atoms with van der Waals surface area (Å²) in [5.41, 5.74) is 0.802. The highest BCUT2D eigenvalue weighted by Crippen LogP contribution is 2.05. The molecule has 0 aliphatic rings. The summed E-state index contributed by atoms with van der Waals surface area (Å²) in [4.78, 5) is 14.1. The van der Waals surface area contributed by atoms with Crippen LogP contribution < -0.4 is 0 Å². The molecule has 0 aliphatic heterocycles. The van der Waals surface area contributed by atoms with Gasteiger partial charge in [-0.2, -0.15) is 10.0 Å². The zero-order valence-corrected chi connectivity index (χ0v) is 7.37. The molecular formula is C9H8N4O. The van der Waals surface area contributed by atoms with Crippen LogP contribution in [0, 0.1) is 4.91 Å². The van der Waals surface area contributed by atoms with E-state index in [0.717, 1.165) is 11.4 Å². The smallest absolute Gasteiger partial charge is 0.153 e. The molecule has 0 unspecified atom stereocenters. The molecule has 2 heterocycles. The molecule has 0 spiro atoms. The molecule has 5 heteroatoms. The van der Waals surface area contributed by atoms with Crippen LogP contribution in [-0.4, -0.2) is 14.8 Å². The van der Waals surface area contributed by atoms with Crippen molar-refractivity contribution in [2.75, 3.05) is 0 Å². The maximum absolute atomic E-state index is 9.99. The largest absolute Gasteiger partial charge is 0.237 e. The molecule has 2 aromatic heterocycles. The van der Waals surface area contributed by atoms with Gasteiger partial charge in [0.2, 0.25) is 0 Å². The zero-order valence-electron chi connectivity index (χ0n) is 7.37. The quantitative estimate of drug-likeness (QED) is 0.686. The molecule has 0 bridgehead atoms. The fourth-order valence-corrected chi connectivity index (χ4v) is 1.12. The number of nitroso groups, excluding NO2 is 1. The van der Waals surface area contributed by atoms with E-state index >= 15 is 0 Å². The molecule has 2 aromatic rings. The van der Waals surface area contributed by atoms with Gasteiger partial charge in [-0.05, 0) is 17.7 Å². The summed E-state index contributed by atoms with van der Waals surface area (Å²) in [6.07, 6.45) is 5.11. The zero-order chi connectivity index (χ0) is 9.80. The van der Waals surface area contributed by atoms with Crippen molar-refractivity contribution in [2.45, 2.75) is 6.54 Å². The first-order valence-corrected chi connectivity index (χ1v) is 4.14. The maximum Gasteiger partial charge on any atom is 0.153 e. The summed E-state index contributed by atoms with van der Waals surface area (Å²) in [6, 6.07) is 5.43. The van der Waals surface area contributed by atoms with Gasteiger partial charge in [0.15, 0.2) is 5.82 Å². The van der Waals surface area contributed by atoms with E-state index in [1.54, 1.807) is 29.3 Å². The van der Waals surface area contributed by atoms with Crippen LogP contribution in [0.25, 0.3) is 5.82 Å². The van der Waals surface area contributed by atoms with Gasteiger partial charge in [0.1, 0.15) is 6.54 Å². The Kier molecular flexibility index (Phi) is 2.31. The van der Waals surface area contributed by atoms with Crippen LogP contribution >= 0.6 is 0 Å². The van der Waals surface area contributed by atoms with E-state index in [0.29, 0.717) is 0 Å². The molecule has 0 radical (unpaired) electrons. The predicted molar refractivity (Wildman–Crippen MR) is 50.9 cm³/mol. The van der Waals surface area contributed by atoms with Crippen molar-refractivity contribution < 1.29 is 0 Å². The van der Waals surface area contributed by atoms with Gasteiger partial charge in [0.25, 0.3) is 0 Å². The van der Waals surface area contributed by atoms with Gasteiger partial charge < -0.3 is 0 Å². The maximum atomic E-state index is 9.99. The minimum absolute atomic E-state index is 0.159. The Morgan fingerprint density at radius 2 is 2.36 bits per heavy atom. The summed E-state index contributed by atoms with van der Waals surface area (Å²) >= 11 is 0. The van der Waals surface area contributed by atoms with Crippen LogP contribution in [-0.2, 0) is 6.54 Å². The lowest BCUT2D eigenvalue weighted by Gasteiger charge is -1.99. The van der Waals surface area contributed by atoms with Crippen molar-refractivity contribution in [3.05, 3.63) is 47.3 Å². The van der Waals surface area contributed by atoms with E-state index < -0.39 is 0 Å². The Labute approximate surface area is 80.4 Å². The highest BCUT2D eigenvalue weighted by atomic mass is 16.3. The average molecular weight is 188 g/mol. The Hall–Kier alpha value is -2.04. The molecule has 0 saturated heterocycles. The normalized spacial score (nSPS) is 10.0. The van der Waals surface area contributed by atoms with Gasteiger partial charge in [-0.15, -0.1) is 0 Å². The summed E-state index contributed by atoms with van der Waals surface area (Å²) < 4.78 is 1.65. The van der Waals surface area contributed by atoms with Gasteiger partial charge in [0, 0.05) is 18.6 Å². The lowest BCUT2D eigenvalue weighted by molar-refractivity contribution is 0.842. The third-order valence-electron chi connectivity index (χ3n) is 1.80. The van der Waals surface area contributed by atoms with Crippen molar-refractivity contribution in [3.8, 4) is 5.82 Å². The SMILES string of the molecule is O=NCc1ccc(-n2cccn2)nc1. The number of pyridine rings is 1. The standard InChI is InChI=1S/C9H8N4O/c14-12-7-8-2-3-9(10-6-8)13-5-1-4-11-13/h1-6H,7H2. The van der Waals surface area contributed by atoms with E-state index in [1.807, 2.05) is 12.1 Å². The fourth-order valence-electron chi connectivity index (χ4n) is 1.12. The lowest BCUT2D eigenvalue weighted by atomic mass is 10.3. The van der Waals surface area contributed by atoms with Crippen LogP contribution in [0.2, 0.25) is 0 Å². The van der Waals surface area contributed by atoms with Gasteiger partial charge in [-0.3, -0.25) is 0 Å². The van der Waals surface area contributed by atoms with Gasteiger partial charge in [-0.25, -0.2) is 9.67 Å². The van der Waals surface area contributed by atoms with Crippen molar-refractivity contribution in [3.63, 3.8) is 0 Å². The van der Waals surface area contributed by atoms with Crippen molar-refractivity contribution in [1.29, 1.82) is 0 Å². The summed E-state index contributed by atoms with van der Waals surface area (Å²) in [5, 5.41) is 6.82. The predicted octanol–water partition coefficient (Wildman–Crippen LogP) is 1.53. The summed E-state index contributed by atoms with van der Waals surface area (Å²) in [6.45, 7) is 0.159. The Balaban J connectivity index is 2.26. The molecule has 5 nitrogen and oxygen atoms in total. The minimum atomic E-state index is 0.159. The molecule has 0 aliphatic carbocycles. The molecule has 0 saturated carbocycles. The van der Waals surface area contributed by atoms with Crippen LogP contribution in [0.5, 0.6) is 0 Å². The second-order valence-corrected chi connectivity index (χ2v) is 2.76. The number of aromatic nitrogens is 3. The fraction of sp³-hybridized carbons (Fsp3) is 0.111. The highest BCUT2D eigenvalue weighted by Gasteiger charge is 1.97. The first-order valence-electron chi connectivity index (χ1n) is 4.14. The van der Waals surface area contributed by atoms with Crippen LogP contribution in [0.4, 0.5) is 0 Å². The molecule has 0 amide bonds. The molecule has 0 fully saturated rings. The van der Waals surface area contributed by atoms with Crippen LogP contribution in [0.3, 0.4) is 0 Å². The van der Waals surface area contributed by atoms with E-state index in [-0.39, 0.29) is 6.54 Å². The van der Waals surface area contributed by atoms with E-state index in [4.69, 9.17) is 0 Å². The minimum Gasteiger partial charge on any atom is -0.237 e. The Bertz CT molecular complexity index is 407. The molecule has 0 aromatic carbocycles. The monoisotopic (exact) mass is 188 g/mol.